The maximum absolute atomic E-state index is 10.5. The number of hydrogen-bond acceptors (Lipinski definition) is 5. The van der Waals surface area contributed by atoms with Gasteiger partial charge in [-0.1, -0.05) is 0 Å². The number of aromatic nitrogens is 2. The van der Waals surface area contributed by atoms with Crippen molar-refractivity contribution in [3.63, 3.8) is 0 Å². The molecule has 2 rings (SSSR count). The van der Waals surface area contributed by atoms with Gasteiger partial charge in [-0.05, 0) is 18.9 Å². The highest BCUT2D eigenvalue weighted by molar-refractivity contribution is 5.23. The number of nitro groups is 1. The fraction of sp³-hybridized carbons (Fsp3) is 0.625. The highest BCUT2D eigenvalue weighted by Gasteiger charge is 2.39. The van der Waals surface area contributed by atoms with E-state index < -0.39 is 4.92 Å². The fourth-order valence-corrected chi connectivity index (χ4v) is 1.75. The molecule has 0 fully saturated rings. The highest BCUT2D eigenvalue weighted by atomic mass is 16.6. The summed E-state index contributed by atoms with van der Waals surface area (Å²) < 4.78 is 7.21. The molecular formula is C8H12N4O3. The first-order chi connectivity index (χ1) is 7.04. The molecule has 7 heteroatoms. The number of imidazole rings is 1. The van der Waals surface area contributed by atoms with E-state index in [9.17, 15) is 10.1 Å². The molecule has 1 aromatic rings. The summed E-state index contributed by atoms with van der Waals surface area (Å²) in [5, 5.41) is 13.5. The zero-order chi connectivity index (χ0) is 11.1. The summed E-state index contributed by atoms with van der Waals surface area (Å²) in [6, 6.07) is 0.319. The first-order valence-corrected chi connectivity index (χ1v) is 4.59. The maximum atomic E-state index is 10.5. The zero-order valence-electron chi connectivity index (χ0n) is 8.56. The maximum Gasteiger partial charge on any atom is 0.415 e. The van der Waals surface area contributed by atoms with Crippen LogP contribution >= 0.6 is 0 Å². The number of likely N-dealkylation sites (N-methyl/N-ethyl adjacent to an activating group) is 1. The Morgan fingerprint density at radius 2 is 2.60 bits per heavy atom. The minimum Gasteiger partial charge on any atom is -0.436 e. The van der Waals surface area contributed by atoms with Crippen LogP contribution in [0.5, 0.6) is 6.01 Å². The largest absolute Gasteiger partial charge is 0.436 e. The molecule has 1 N–H and O–H groups in total. The first-order valence-electron chi connectivity index (χ1n) is 4.59. The second kappa shape index (κ2) is 3.20. The Morgan fingerprint density at radius 1 is 1.87 bits per heavy atom. The summed E-state index contributed by atoms with van der Waals surface area (Å²) in [4.78, 5) is 13.7. The van der Waals surface area contributed by atoms with Gasteiger partial charge in [0.05, 0.1) is 6.54 Å². The van der Waals surface area contributed by atoms with E-state index in [1.54, 1.807) is 4.57 Å². The zero-order valence-corrected chi connectivity index (χ0v) is 8.56. The van der Waals surface area contributed by atoms with Gasteiger partial charge < -0.3 is 20.2 Å². The normalized spacial score (nSPS) is 23.6. The van der Waals surface area contributed by atoms with Crippen LogP contribution in [0.25, 0.3) is 0 Å². The Kier molecular flexibility index (Phi) is 2.11. The molecule has 0 aliphatic carbocycles. The Labute approximate surface area is 86.2 Å². The second-order valence-electron chi connectivity index (χ2n) is 3.85. The molecule has 2 heterocycles. The molecule has 15 heavy (non-hydrogen) atoms. The van der Waals surface area contributed by atoms with Crippen LogP contribution < -0.4 is 10.1 Å². The lowest BCUT2D eigenvalue weighted by molar-refractivity contribution is -0.389. The van der Waals surface area contributed by atoms with Crippen molar-refractivity contribution in [3.8, 4) is 6.01 Å². The number of nitrogens with zero attached hydrogens (tertiary/aromatic N) is 3. The van der Waals surface area contributed by atoms with Gasteiger partial charge in [0.1, 0.15) is 11.8 Å². The van der Waals surface area contributed by atoms with Crippen LogP contribution in [0.2, 0.25) is 0 Å². The summed E-state index contributed by atoms with van der Waals surface area (Å²) in [5.41, 5.74) is -0.369. The van der Waals surface area contributed by atoms with Crippen molar-refractivity contribution >= 4 is 5.82 Å². The molecule has 0 aromatic carbocycles. The van der Waals surface area contributed by atoms with Crippen LogP contribution in [-0.2, 0) is 6.54 Å². The molecule has 1 aromatic heterocycles. The van der Waals surface area contributed by atoms with Crippen LogP contribution in [0.15, 0.2) is 6.20 Å². The fourth-order valence-electron chi connectivity index (χ4n) is 1.75. The van der Waals surface area contributed by atoms with Gasteiger partial charge in [-0.25, -0.2) is 0 Å². The van der Waals surface area contributed by atoms with Crippen molar-refractivity contribution in [2.45, 2.75) is 19.1 Å². The molecule has 0 spiro atoms. The third kappa shape index (κ3) is 1.65. The average molecular weight is 212 g/mol. The molecule has 1 atom stereocenters. The van der Waals surface area contributed by atoms with Crippen LogP contribution in [0.1, 0.15) is 6.92 Å². The highest BCUT2D eigenvalue weighted by Crippen LogP contribution is 2.30. The Hall–Kier alpha value is -1.63. The molecular weight excluding hydrogens is 200 g/mol. The van der Waals surface area contributed by atoms with E-state index in [-0.39, 0.29) is 11.4 Å². The monoisotopic (exact) mass is 212 g/mol. The number of hydrogen-bond donors (Lipinski definition) is 1. The molecule has 0 saturated carbocycles. The quantitative estimate of drug-likeness (QED) is 0.570. The van der Waals surface area contributed by atoms with Gasteiger partial charge in [-0.15, -0.1) is 0 Å². The van der Waals surface area contributed by atoms with Crippen molar-refractivity contribution in [3.05, 3.63) is 16.3 Å². The summed E-state index contributed by atoms with van der Waals surface area (Å²) in [7, 11) is 1.83. The standard InChI is InChI=1S/C8H12N4O3/c1-8(4-9-2)5-11-3-6(12(13)14)10-7(11)15-8/h3,9H,4-5H2,1-2H3/t8-/m1/s1. The Bertz CT molecular complexity index is 377. The Balaban J connectivity index is 2.20. The topological polar surface area (TPSA) is 82.2 Å². The molecule has 0 unspecified atom stereocenters. The van der Waals surface area contributed by atoms with E-state index in [1.165, 1.54) is 6.20 Å². The lowest BCUT2D eigenvalue weighted by Gasteiger charge is -2.20. The molecule has 82 valence electrons. The van der Waals surface area contributed by atoms with E-state index in [1.807, 2.05) is 14.0 Å². The molecule has 0 bridgehead atoms. The summed E-state index contributed by atoms with van der Waals surface area (Å²) >= 11 is 0. The van der Waals surface area contributed by atoms with Crippen molar-refractivity contribution < 1.29 is 9.66 Å². The van der Waals surface area contributed by atoms with Crippen LogP contribution in [0, 0.1) is 10.1 Å². The molecule has 1 aliphatic rings. The first kappa shape index (κ1) is 9.91. The van der Waals surface area contributed by atoms with E-state index in [0.717, 1.165) is 0 Å². The number of rotatable bonds is 3. The van der Waals surface area contributed by atoms with Gasteiger partial charge in [0.25, 0.3) is 0 Å². The lowest BCUT2D eigenvalue weighted by Crippen LogP contribution is -2.41. The van der Waals surface area contributed by atoms with Crippen LogP contribution in [0.4, 0.5) is 5.82 Å². The molecule has 1 aliphatic heterocycles. The smallest absolute Gasteiger partial charge is 0.415 e. The number of nitrogens with one attached hydrogen (secondary N) is 1. The van der Waals surface area contributed by atoms with E-state index in [0.29, 0.717) is 19.1 Å². The molecule has 0 amide bonds. The number of ether oxygens (including phenoxy) is 1. The lowest BCUT2D eigenvalue weighted by atomic mass is 10.1. The van der Waals surface area contributed by atoms with E-state index in [4.69, 9.17) is 4.74 Å². The van der Waals surface area contributed by atoms with Crippen molar-refractivity contribution in [1.82, 2.24) is 14.9 Å². The van der Waals surface area contributed by atoms with E-state index >= 15 is 0 Å². The summed E-state index contributed by atoms with van der Waals surface area (Å²) in [6.45, 7) is 3.18. The van der Waals surface area contributed by atoms with Gasteiger partial charge in [0, 0.05) is 11.5 Å². The summed E-state index contributed by atoms with van der Waals surface area (Å²) in [6.07, 6.45) is 1.40. The van der Waals surface area contributed by atoms with Crippen LogP contribution in [0.3, 0.4) is 0 Å². The predicted octanol–water partition coefficient (Wildman–Crippen LogP) is 0.162. The third-order valence-electron chi connectivity index (χ3n) is 2.31. The van der Waals surface area contributed by atoms with Gasteiger partial charge in [-0.3, -0.25) is 4.57 Å². The SMILES string of the molecule is CNC[C@]1(C)Cn2cc([N+](=O)[O-])nc2O1. The summed E-state index contributed by atoms with van der Waals surface area (Å²) in [5.74, 6) is -0.170. The minimum absolute atomic E-state index is 0.170. The van der Waals surface area contributed by atoms with Gasteiger partial charge >= 0.3 is 11.8 Å². The van der Waals surface area contributed by atoms with Gasteiger partial charge in [0.2, 0.25) is 0 Å². The average Bonchev–Trinajstić information content (AvgIpc) is 2.59. The number of fused-ring (bicyclic) bond motifs is 1. The van der Waals surface area contributed by atoms with Gasteiger partial charge in [0.15, 0.2) is 0 Å². The van der Waals surface area contributed by atoms with Crippen molar-refractivity contribution in [2.75, 3.05) is 13.6 Å². The predicted molar refractivity (Wildman–Crippen MR) is 51.8 cm³/mol. The minimum atomic E-state index is -0.524. The van der Waals surface area contributed by atoms with Gasteiger partial charge in [-0.2, -0.15) is 0 Å². The Morgan fingerprint density at radius 3 is 3.13 bits per heavy atom. The van der Waals surface area contributed by atoms with Crippen LogP contribution in [-0.4, -0.2) is 33.7 Å². The molecule has 0 saturated heterocycles. The molecule has 0 radical (unpaired) electrons. The van der Waals surface area contributed by atoms with Crippen molar-refractivity contribution in [1.29, 1.82) is 0 Å². The molecule has 7 nitrogen and oxygen atoms in total. The van der Waals surface area contributed by atoms with E-state index in [2.05, 4.69) is 10.3 Å². The second-order valence-corrected chi connectivity index (χ2v) is 3.85. The third-order valence-corrected chi connectivity index (χ3v) is 2.31. The van der Waals surface area contributed by atoms with Crippen molar-refractivity contribution in [2.24, 2.45) is 0 Å².